The van der Waals surface area contributed by atoms with Crippen molar-refractivity contribution in [3.8, 4) is 0 Å². The van der Waals surface area contributed by atoms with E-state index in [0.29, 0.717) is 25.4 Å². The average molecular weight is 402 g/mol. The van der Waals surface area contributed by atoms with Gasteiger partial charge in [0, 0.05) is 13.1 Å². The molecule has 28 heavy (non-hydrogen) atoms. The third kappa shape index (κ3) is 6.37. The molecule has 1 aliphatic heterocycles. The van der Waals surface area contributed by atoms with Crippen LogP contribution in [0.1, 0.15) is 30.4 Å². The highest BCUT2D eigenvalue weighted by atomic mass is 32.2. The minimum Gasteiger partial charge on any atom is -0.445 e. The van der Waals surface area contributed by atoms with E-state index >= 15 is 0 Å². The Labute approximate surface area is 167 Å². The summed E-state index contributed by atoms with van der Waals surface area (Å²) in [6.45, 7) is 1.52. The van der Waals surface area contributed by atoms with Gasteiger partial charge >= 0.3 is 6.09 Å². The number of carbonyl (C=O) groups excluding carboxylic acids is 1. The lowest BCUT2D eigenvalue weighted by Crippen LogP contribution is -2.39. The summed E-state index contributed by atoms with van der Waals surface area (Å²) in [6.07, 6.45) is 2.00. The molecule has 2 aromatic rings. The fraction of sp³-hybridized carbons (Fsp3) is 0.409. The highest BCUT2D eigenvalue weighted by Crippen LogP contribution is 2.22. The number of rotatable bonds is 7. The molecule has 0 saturated carbocycles. The number of amides is 1. The summed E-state index contributed by atoms with van der Waals surface area (Å²) in [5.74, 6) is 0.632. The normalized spacial score (nSPS) is 15.4. The molecule has 1 heterocycles. The van der Waals surface area contributed by atoms with Crippen LogP contribution < -0.4 is 0 Å². The molecule has 0 radical (unpaired) electrons. The molecule has 6 heteroatoms. The maximum atomic E-state index is 12.4. The van der Waals surface area contributed by atoms with Crippen LogP contribution in [0.4, 0.5) is 4.79 Å². The molecule has 5 nitrogen and oxygen atoms in total. The van der Waals surface area contributed by atoms with Gasteiger partial charge in [-0.3, -0.25) is 0 Å². The first-order valence-corrected chi connectivity index (χ1v) is 11.5. The average Bonchev–Trinajstić information content (AvgIpc) is 2.72. The van der Waals surface area contributed by atoms with E-state index in [4.69, 9.17) is 4.74 Å². The molecule has 0 N–H and O–H groups in total. The van der Waals surface area contributed by atoms with Crippen LogP contribution in [0.5, 0.6) is 0 Å². The summed E-state index contributed by atoms with van der Waals surface area (Å²) in [5.41, 5.74) is 1.80. The number of likely N-dealkylation sites (tertiary alicyclic amines) is 1. The van der Waals surface area contributed by atoms with Crippen molar-refractivity contribution in [3.05, 3.63) is 71.8 Å². The third-order valence-electron chi connectivity index (χ3n) is 5.14. The first-order chi connectivity index (χ1) is 13.5. The van der Waals surface area contributed by atoms with Gasteiger partial charge in [0.15, 0.2) is 9.84 Å². The number of hydrogen-bond donors (Lipinski definition) is 0. The van der Waals surface area contributed by atoms with Gasteiger partial charge < -0.3 is 9.64 Å². The standard InChI is InChI=1S/C22H27NO4S/c24-22(27-17-20-7-3-1-4-8-20)23-14-11-19(12-15-23)13-16-28(25,26)18-21-9-5-2-6-10-21/h1-10,19H,11-18H2. The van der Waals surface area contributed by atoms with E-state index in [1.54, 1.807) is 4.90 Å². The van der Waals surface area contributed by atoms with Crippen LogP contribution in [0.3, 0.4) is 0 Å². The third-order valence-corrected chi connectivity index (χ3v) is 6.78. The van der Waals surface area contributed by atoms with Gasteiger partial charge in [-0.2, -0.15) is 0 Å². The lowest BCUT2D eigenvalue weighted by Gasteiger charge is -2.31. The molecule has 1 fully saturated rings. The van der Waals surface area contributed by atoms with Crippen molar-refractivity contribution in [2.45, 2.75) is 31.6 Å². The highest BCUT2D eigenvalue weighted by molar-refractivity contribution is 7.90. The van der Waals surface area contributed by atoms with E-state index in [0.717, 1.165) is 24.0 Å². The fourth-order valence-electron chi connectivity index (χ4n) is 3.46. The van der Waals surface area contributed by atoms with Gasteiger partial charge in [0.2, 0.25) is 0 Å². The molecule has 2 aromatic carbocycles. The number of nitrogens with zero attached hydrogens (tertiary/aromatic N) is 1. The second-order valence-electron chi connectivity index (χ2n) is 7.34. The van der Waals surface area contributed by atoms with Crippen LogP contribution in [0.15, 0.2) is 60.7 Å². The summed E-state index contributed by atoms with van der Waals surface area (Å²) in [4.78, 5) is 13.9. The fourth-order valence-corrected chi connectivity index (χ4v) is 5.00. The van der Waals surface area contributed by atoms with Crippen molar-refractivity contribution < 1.29 is 17.9 Å². The van der Waals surface area contributed by atoms with Crippen molar-refractivity contribution in [3.63, 3.8) is 0 Å². The molecule has 1 saturated heterocycles. The van der Waals surface area contributed by atoms with Gasteiger partial charge in [-0.1, -0.05) is 60.7 Å². The summed E-state index contributed by atoms with van der Waals surface area (Å²) in [6, 6.07) is 18.9. The van der Waals surface area contributed by atoms with E-state index in [9.17, 15) is 13.2 Å². The maximum Gasteiger partial charge on any atom is 0.410 e. The number of piperidine rings is 1. The van der Waals surface area contributed by atoms with Crippen LogP contribution in [0, 0.1) is 5.92 Å². The van der Waals surface area contributed by atoms with Gasteiger partial charge in [-0.25, -0.2) is 13.2 Å². The van der Waals surface area contributed by atoms with Crippen LogP contribution >= 0.6 is 0 Å². The van der Waals surface area contributed by atoms with Crippen molar-refractivity contribution in [1.29, 1.82) is 0 Å². The van der Waals surface area contributed by atoms with Gasteiger partial charge in [0.1, 0.15) is 6.61 Å². The molecule has 1 aliphatic rings. The number of benzene rings is 2. The number of carbonyl (C=O) groups is 1. The molecule has 0 aromatic heterocycles. The van der Waals surface area contributed by atoms with E-state index < -0.39 is 9.84 Å². The topological polar surface area (TPSA) is 63.7 Å². The Morgan fingerprint density at radius 1 is 0.929 bits per heavy atom. The predicted molar refractivity (Wildman–Crippen MR) is 109 cm³/mol. The van der Waals surface area contributed by atoms with Crippen molar-refractivity contribution in [2.24, 2.45) is 5.92 Å². The van der Waals surface area contributed by atoms with Gasteiger partial charge in [-0.05, 0) is 36.3 Å². The van der Waals surface area contributed by atoms with Crippen LogP contribution in [-0.4, -0.2) is 38.3 Å². The molecule has 1 amide bonds. The Hall–Kier alpha value is -2.34. The summed E-state index contributed by atoms with van der Waals surface area (Å²) >= 11 is 0. The molecule has 0 atom stereocenters. The molecule has 3 rings (SSSR count). The molecule has 0 unspecified atom stereocenters. The quantitative estimate of drug-likeness (QED) is 0.702. The lowest BCUT2D eigenvalue weighted by molar-refractivity contribution is 0.0820. The monoisotopic (exact) mass is 401 g/mol. The zero-order valence-electron chi connectivity index (χ0n) is 16.0. The van der Waals surface area contributed by atoms with E-state index in [1.165, 1.54) is 0 Å². The number of hydrogen-bond acceptors (Lipinski definition) is 4. The first-order valence-electron chi connectivity index (χ1n) is 9.72. The smallest absolute Gasteiger partial charge is 0.410 e. The highest BCUT2D eigenvalue weighted by Gasteiger charge is 2.25. The van der Waals surface area contributed by atoms with Gasteiger partial charge in [-0.15, -0.1) is 0 Å². The number of ether oxygens (including phenoxy) is 1. The molecular weight excluding hydrogens is 374 g/mol. The summed E-state index contributed by atoms with van der Waals surface area (Å²) in [5, 5.41) is 0. The summed E-state index contributed by atoms with van der Waals surface area (Å²) in [7, 11) is -3.11. The predicted octanol–water partition coefficient (Wildman–Crippen LogP) is 4.04. The molecule has 0 spiro atoms. The van der Waals surface area contributed by atoms with E-state index in [1.807, 2.05) is 60.7 Å². The number of sulfone groups is 1. The minimum absolute atomic E-state index is 0.0957. The van der Waals surface area contributed by atoms with E-state index in [2.05, 4.69) is 0 Å². The second-order valence-corrected chi connectivity index (χ2v) is 9.52. The largest absolute Gasteiger partial charge is 0.445 e. The zero-order valence-corrected chi connectivity index (χ0v) is 16.8. The van der Waals surface area contributed by atoms with Crippen molar-refractivity contribution in [2.75, 3.05) is 18.8 Å². The van der Waals surface area contributed by atoms with Crippen LogP contribution in [-0.2, 0) is 26.9 Å². The maximum absolute atomic E-state index is 12.4. The van der Waals surface area contributed by atoms with Crippen LogP contribution in [0.2, 0.25) is 0 Å². The zero-order chi connectivity index (χ0) is 19.8. The Bertz CT molecular complexity index is 845. The molecule has 150 valence electrons. The van der Waals surface area contributed by atoms with Crippen molar-refractivity contribution in [1.82, 2.24) is 4.90 Å². The SMILES string of the molecule is O=C(OCc1ccccc1)N1CCC(CCS(=O)(=O)Cc2ccccc2)CC1. The Morgan fingerprint density at radius 3 is 2.11 bits per heavy atom. The molecule has 0 aliphatic carbocycles. The van der Waals surface area contributed by atoms with Gasteiger partial charge in [0.25, 0.3) is 0 Å². The van der Waals surface area contributed by atoms with Crippen molar-refractivity contribution >= 4 is 15.9 Å². The Morgan fingerprint density at radius 2 is 1.50 bits per heavy atom. The van der Waals surface area contributed by atoms with Crippen LogP contribution in [0.25, 0.3) is 0 Å². The Balaban J connectivity index is 1.38. The molecule has 0 bridgehead atoms. The molecular formula is C22H27NO4S. The second kappa shape index (κ2) is 9.73. The minimum atomic E-state index is -3.11. The first kappa shape index (κ1) is 20.4. The van der Waals surface area contributed by atoms with E-state index in [-0.39, 0.29) is 24.2 Å². The Kier molecular flexibility index (Phi) is 7.09. The summed E-state index contributed by atoms with van der Waals surface area (Å²) < 4.78 is 30.1. The lowest BCUT2D eigenvalue weighted by atomic mass is 9.95. The van der Waals surface area contributed by atoms with Gasteiger partial charge in [0.05, 0.1) is 11.5 Å².